The molecule has 0 saturated heterocycles. The van der Waals surface area contributed by atoms with Gasteiger partial charge in [-0.25, -0.2) is 4.39 Å². The Kier molecular flexibility index (Phi) is 5.41. The maximum atomic E-state index is 13.3. The molecule has 8 heteroatoms. The molecule has 0 fully saturated rings. The van der Waals surface area contributed by atoms with E-state index >= 15 is 0 Å². The van der Waals surface area contributed by atoms with Gasteiger partial charge in [0.1, 0.15) is 12.4 Å². The van der Waals surface area contributed by atoms with Crippen LogP contribution in [0.15, 0.2) is 48.5 Å². The van der Waals surface area contributed by atoms with E-state index < -0.39 is 35.9 Å². The van der Waals surface area contributed by atoms with Crippen molar-refractivity contribution in [2.45, 2.75) is 13.1 Å². The zero-order valence-corrected chi connectivity index (χ0v) is 13.1. The van der Waals surface area contributed by atoms with Gasteiger partial charge in [0.15, 0.2) is 0 Å². The van der Waals surface area contributed by atoms with E-state index in [1.54, 1.807) is 0 Å². The first-order valence-corrected chi connectivity index (χ1v) is 7.17. The molecule has 132 valence electrons. The Labute approximate surface area is 141 Å². The van der Waals surface area contributed by atoms with Crippen LogP contribution in [0.1, 0.15) is 12.5 Å². The number of hydrogen-bond donors (Lipinski definition) is 1. The summed E-state index contributed by atoms with van der Waals surface area (Å²) in [5, 5.41) is 2.40. The third-order valence-corrected chi connectivity index (χ3v) is 3.30. The molecular formula is C17H14F4N2O2. The van der Waals surface area contributed by atoms with Crippen molar-refractivity contribution in [3.05, 3.63) is 59.9 Å². The topological polar surface area (TPSA) is 49.4 Å². The van der Waals surface area contributed by atoms with Crippen LogP contribution in [0.2, 0.25) is 0 Å². The first kappa shape index (κ1) is 18.4. The van der Waals surface area contributed by atoms with E-state index in [0.29, 0.717) is 0 Å². The standard InChI is InChI=1S/C17H14F4N2O2/c1-11(24)23(15-4-2-3-13(18)9-15)10-16(25)22-14-7-5-12(6-8-14)17(19,20)21/h2-9H,10H2,1H3,(H,22,25). The van der Waals surface area contributed by atoms with Gasteiger partial charge in [-0.15, -0.1) is 0 Å². The second kappa shape index (κ2) is 7.33. The van der Waals surface area contributed by atoms with Crippen LogP contribution in [-0.4, -0.2) is 18.4 Å². The van der Waals surface area contributed by atoms with E-state index in [-0.39, 0.29) is 11.4 Å². The van der Waals surface area contributed by atoms with E-state index in [1.807, 2.05) is 0 Å². The summed E-state index contributed by atoms with van der Waals surface area (Å²) in [4.78, 5) is 24.8. The Morgan fingerprint density at radius 1 is 1.08 bits per heavy atom. The SMILES string of the molecule is CC(=O)N(CC(=O)Nc1ccc(C(F)(F)F)cc1)c1cccc(F)c1. The Morgan fingerprint density at radius 3 is 2.24 bits per heavy atom. The summed E-state index contributed by atoms with van der Waals surface area (Å²) in [6.07, 6.45) is -4.47. The summed E-state index contributed by atoms with van der Waals surface area (Å²) in [6.45, 7) is 0.816. The zero-order valence-electron chi connectivity index (χ0n) is 13.1. The molecule has 2 amide bonds. The number of nitrogens with zero attached hydrogens (tertiary/aromatic N) is 1. The van der Waals surface area contributed by atoms with E-state index in [4.69, 9.17) is 0 Å². The van der Waals surface area contributed by atoms with Crippen molar-refractivity contribution < 1.29 is 27.2 Å². The van der Waals surface area contributed by atoms with Gasteiger partial charge < -0.3 is 10.2 Å². The van der Waals surface area contributed by atoms with Crippen molar-refractivity contribution in [3.63, 3.8) is 0 Å². The molecule has 0 radical (unpaired) electrons. The second-order valence-electron chi connectivity index (χ2n) is 5.21. The average molecular weight is 354 g/mol. The Bertz CT molecular complexity index is 773. The fraction of sp³-hybridized carbons (Fsp3) is 0.176. The number of anilines is 2. The maximum Gasteiger partial charge on any atom is 0.416 e. The molecule has 0 saturated carbocycles. The molecule has 25 heavy (non-hydrogen) atoms. The van der Waals surface area contributed by atoms with Gasteiger partial charge in [-0.3, -0.25) is 9.59 Å². The van der Waals surface area contributed by atoms with Crippen LogP contribution >= 0.6 is 0 Å². The predicted molar refractivity (Wildman–Crippen MR) is 84.5 cm³/mol. The fourth-order valence-electron chi connectivity index (χ4n) is 2.12. The van der Waals surface area contributed by atoms with Crippen molar-refractivity contribution in [1.29, 1.82) is 0 Å². The van der Waals surface area contributed by atoms with Gasteiger partial charge in [0, 0.05) is 18.3 Å². The largest absolute Gasteiger partial charge is 0.416 e. The van der Waals surface area contributed by atoms with Crippen molar-refractivity contribution in [1.82, 2.24) is 0 Å². The summed E-state index contributed by atoms with van der Waals surface area (Å²) in [5.74, 6) is -1.67. The monoisotopic (exact) mass is 354 g/mol. The average Bonchev–Trinajstić information content (AvgIpc) is 2.52. The molecule has 0 aliphatic carbocycles. The molecule has 1 N–H and O–H groups in total. The van der Waals surface area contributed by atoms with Gasteiger partial charge in [-0.05, 0) is 42.5 Å². The quantitative estimate of drug-likeness (QED) is 0.849. The molecule has 0 aliphatic heterocycles. The van der Waals surface area contributed by atoms with Crippen molar-refractivity contribution in [2.75, 3.05) is 16.8 Å². The van der Waals surface area contributed by atoms with Crippen LogP contribution < -0.4 is 10.2 Å². The first-order valence-electron chi connectivity index (χ1n) is 7.17. The molecule has 2 aromatic rings. The lowest BCUT2D eigenvalue weighted by atomic mass is 10.2. The predicted octanol–water partition coefficient (Wildman–Crippen LogP) is 3.84. The Hall–Kier alpha value is -2.90. The Morgan fingerprint density at radius 2 is 1.72 bits per heavy atom. The highest BCUT2D eigenvalue weighted by molar-refractivity contribution is 6.01. The van der Waals surface area contributed by atoms with Crippen molar-refractivity contribution in [3.8, 4) is 0 Å². The molecule has 0 aliphatic rings. The van der Waals surface area contributed by atoms with Gasteiger partial charge in [-0.1, -0.05) is 6.07 Å². The maximum absolute atomic E-state index is 13.3. The number of halogens is 4. The minimum Gasteiger partial charge on any atom is -0.325 e. The number of carbonyl (C=O) groups excluding carboxylic acids is 2. The van der Waals surface area contributed by atoms with Gasteiger partial charge >= 0.3 is 6.18 Å². The second-order valence-corrected chi connectivity index (χ2v) is 5.21. The number of alkyl halides is 3. The number of hydrogen-bond acceptors (Lipinski definition) is 2. The highest BCUT2D eigenvalue weighted by atomic mass is 19.4. The van der Waals surface area contributed by atoms with Crippen LogP contribution in [0.3, 0.4) is 0 Å². The third kappa shape index (κ3) is 5.03. The van der Waals surface area contributed by atoms with Crippen LogP contribution in [-0.2, 0) is 15.8 Å². The number of amides is 2. The lowest BCUT2D eigenvalue weighted by Crippen LogP contribution is -2.36. The highest BCUT2D eigenvalue weighted by Crippen LogP contribution is 2.29. The molecule has 2 rings (SSSR count). The minimum atomic E-state index is -4.47. The van der Waals surface area contributed by atoms with Gasteiger partial charge in [-0.2, -0.15) is 13.2 Å². The van der Waals surface area contributed by atoms with Gasteiger partial charge in [0.05, 0.1) is 5.56 Å². The van der Waals surface area contributed by atoms with Gasteiger partial charge in [0.25, 0.3) is 0 Å². The normalized spacial score (nSPS) is 11.1. The molecule has 0 bridgehead atoms. The summed E-state index contributed by atoms with van der Waals surface area (Å²) in [7, 11) is 0. The van der Waals surface area contributed by atoms with Gasteiger partial charge in [0.2, 0.25) is 11.8 Å². The van der Waals surface area contributed by atoms with E-state index in [1.165, 1.54) is 25.1 Å². The number of benzene rings is 2. The summed E-state index contributed by atoms with van der Waals surface area (Å²) < 4.78 is 50.8. The molecule has 4 nitrogen and oxygen atoms in total. The molecule has 2 aromatic carbocycles. The summed E-state index contributed by atoms with van der Waals surface area (Å²) in [6, 6.07) is 9.07. The molecular weight excluding hydrogens is 340 g/mol. The number of nitrogens with one attached hydrogen (secondary N) is 1. The lowest BCUT2D eigenvalue weighted by Gasteiger charge is -2.20. The van der Waals surface area contributed by atoms with Crippen LogP contribution in [0.5, 0.6) is 0 Å². The summed E-state index contributed by atoms with van der Waals surface area (Å²) >= 11 is 0. The van der Waals surface area contributed by atoms with Crippen LogP contribution in [0.25, 0.3) is 0 Å². The smallest absolute Gasteiger partial charge is 0.325 e. The van der Waals surface area contributed by atoms with Crippen LogP contribution in [0.4, 0.5) is 28.9 Å². The van der Waals surface area contributed by atoms with Crippen LogP contribution in [0, 0.1) is 5.82 Å². The molecule has 0 aromatic heterocycles. The van der Waals surface area contributed by atoms with Crippen molar-refractivity contribution >= 4 is 23.2 Å². The Balaban J connectivity index is 2.08. The van der Waals surface area contributed by atoms with E-state index in [0.717, 1.165) is 35.2 Å². The molecule has 0 heterocycles. The number of rotatable bonds is 4. The molecule has 0 atom stereocenters. The molecule has 0 unspecified atom stereocenters. The van der Waals surface area contributed by atoms with E-state index in [9.17, 15) is 27.2 Å². The number of carbonyl (C=O) groups is 2. The third-order valence-electron chi connectivity index (χ3n) is 3.30. The fourth-order valence-corrected chi connectivity index (χ4v) is 2.12. The molecule has 0 spiro atoms. The zero-order chi connectivity index (χ0) is 18.6. The first-order chi connectivity index (χ1) is 11.7. The van der Waals surface area contributed by atoms with Crippen molar-refractivity contribution in [2.24, 2.45) is 0 Å². The summed E-state index contributed by atoms with van der Waals surface area (Å²) in [5.41, 5.74) is -0.480. The minimum absolute atomic E-state index is 0.153. The van der Waals surface area contributed by atoms with E-state index in [2.05, 4.69) is 5.32 Å². The highest BCUT2D eigenvalue weighted by Gasteiger charge is 2.30. The lowest BCUT2D eigenvalue weighted by molar-refractivity contribution is -0.137.